The van der Waals surface area contributed by atoms with Gasteiger partial charge in [-0.05, 0) is 49.4 Å². The summed E-state index contributed by atoms with van der Waals surface area (Å²) in [6.07, 6.45) is 3.31. The zero-order chi connectivity index (χ0) is 14.1. The lowest BCUT2D eigenvalue weighted by Gasteiger charge is -2.22. The normalized spacial score (nSPS) is 14.3. The lowest BCUT2D eigenvalue weighted by atomic mass is 9.96. The van der Waals surface area contributed by atoms with Crippen LogP contribution in [-0.4, -0.2) is 26.3 Å². The summed E-state index contributed by atoms with van der Waals surface area (Å²) < 4.78 is 5.23. The van der Waals surface area contributed by atoms with Crippen molar-refractivity contribution >= 4 is 11.6 Å². The van der Waals surface area contributed by atoms with E-state index in [0.29, 0.717) is 12.0 Å². The molecule has 1 aromatic rings. The number of ether oxygens (including phenoxy) is 1. The highest BCUT2D eigenvalue weighted by Gasteiger charge is 2.13. The van der Waals surface area contributed by atoms with E-state index in [2.05, 4.69) is 31.3 Å². The first kappa shape index (κ1) is 16.5. The second-order valence-electron chi connectivity index (χ2n) is 5.28. The quantitative estimate of drug-likeness (QED) is 0.742. The first-order valence-corrected chi connectivity index (χ1v) is 7.50. The van der Waals surface area contributed by atoms with Crippen molar-refractivity contribution in [3.05, 3.63) is 34.9 Å². The molecule has 0 saturated carbocycles. The maximum atomic E-state index is 6.05. The van der Waals surface area contributed by atoms with Crippen molar-refractivity contribution in [2.45, 2.75) is 39.2 Å². The molecule has 2 nitrogen and oxygen atoms in total. The van der Waals surface area contributed by atoms with E-state index in [0.717, 1.165) is 37.4 Å². The van der Waals surface area contributed by atoms with Crippen LogP contribution in [0.1, 0.15) is 32.3 Å². The molecule has 1 rings (SSSR count). The van der Waals surface area contributed by atoms with Gasteiger partial charge < -0.3 is 10.1 Å². The fraction of sp³-hybridized carbons (Fsp3) is 0.625. The Labute approximate surface area is 122 Å². The molecule has 0 aromatic heterocycles. The van der Waals surface area contributed by atoms with Gasteiger partial charge in [-0.25, -0.2) is 0 Å². The number of halogens is 1. The zero-order valence-electron chi connectivity index (χ0n) is 12.3. The average molecular weight is 284 g/mol. The average Bonchev–Trinajstić information content (AvgIpc) is 2.36. The van der Waals surface area contributed by atoms with Gasteiger partial charge in [0.2, 0.25) is 0 Å². The lowest BCUT2D eigenvalue weighted by molar-refractivity contribution is 0.149. The first-order chi connectivity index (χ1) is 9.15. The summed E-state index contributed by atoms with van der Waals surface area (Å²) in [7, 11) is 1.77. The molecule has 0 bridgehead atoms. The number of benzene rings is 1. The summed E-state index contributed by atoms with van der Waals surface area (Å²) in [6.45, 7) is 6.31. The summed E-state index contributed by atoms with van der Waals surface area (Å²) in [6, 6.07) is 8.64. The van der Waals surface area contributed by atoms with Crippen molar-refractivity contribution in [2.75, 3.05) is 20.3 Å². The Morgan fingerprint density at radius 2 is 2.16 bits per heavy atom. The van der Waals surface area contributed by atoms with Crippen LogP contribution < -0.4 is 5.32 Å². The van der Waals surface area contributed by atoms with E-state index >= 15 is 0 Å². The number of methoxy groups -OCH3 is 1. The maximum absolute atomic E-state index is 6.05. The van der Waals surface area contributed by atoms with Crippen LogP contribution in [0.2, 0.25) is 5.02 Å². The highest BCUT2D eigenvalue weighted by Crippen LogP contribution is 2.15. The Kier molecular flexibility index (Phi) is 8.11. The predicted molar refractivity (Wildman–Crippen MR) is 82.9 cm³/mol. The Bertz CT molecular complexity index is 356. The molecule has 0 spiro atoms. The van der Waals surface area contributed by atoms with Crippen LogP contribution in [-0.2, 0) is 11.2 Å². The Morgan fingerprint density at radius 3 is 2.79 bits per heavy atom. The van der Waals surface area contributed by atoms with Gasteiger partial charge in [-0.15, -0.1) is 0 Å². The molecule has 0 saturated heterocycles. The van der Waals surface area contributed by atoms with Gasteiger partial charge >= 0.3 is 0 Å². The second-order valence-corrected chi connectivity index (χ2v) is 5.72. The van der Waals surface area contributed by atoms with Gasteiger partial charge in [0.15, 0.2) is 0 Å². The summed E-state index contributed by atoms with van der Waals surface area (Å²) in [5.74, 6) is 0.568. The van der Waals surface area contributed by atoms with Crippen LogP contribution in [0.5, 0.6) is 0 Å². The van der Waals surface area contributed by atoms with Crippen LogP contribution >= 0.6 is 11.6 Å². The monoisotopic (exact) mass is 283 g/mol. The summed E-state index contributed by atoms with van der Waals surface area (Å²) in [5.41, 5.74) is 1.30. The van der Waals surface area contributed by atoms with Gasteiger partial charge in [-0.1, -0.05) is 37.6 Å². The lowest BCUT2D eigenvalue weighted by Crippen LogP contribution is -2.34. The topological polar surface area (TPSA) is 21.3 Å². The number of hydrogen-bond acceptors (Lipinski definition) is 2. The third-order valence-electron chi connectivity index (χ3n) is 3.19. The Morgan fingerprint density at radius 1 is 1.37 bits per heavy atom. The minimum atomic E-state index is 0.489. The summed E-state index contributed by atoms with van der Waals surface area (Å²) in [5, 5.41) is 4.44. The third kappa shape index (κ3) is 6.95. The van der Waals surface area contributed by atoms with E-state index in [4.69, 9.17) is 16.3 Å². The van der Waals surface area contributed by atoms with E-state index in [-0.39, 0.29) is 0 Å². The van der Waals surface area contributed by atoms with Gasteiger partial charge in [0.05, 0.1) is 0 Å². The molecule has 108 valence electrons. The molecule has 0 amide bonds. The van der Waals surface area contributed by atoms with Crippen molar-refractivity contribution < 1.29 is 4.74 Å². The van der Waals surface area contributed by atoms with Crippen LogP contribution in [0.4, 0.5) is 0 Å². The van der Waals surface area contributed by atoms with Crippen molar-refractivity contribution in [1.82, 2.24) is 5.32 Å². The second kappa shape index (κ2) is 9.35. The van der Waals surface area contributed by atoms with Crippen molar-refractivity contribution in [1.29, 1.82) is 0 Å². The molecule has 1 N–H and O–H groups in total. The third-order valence-corrected chi connectivity index (χ3v) is 3.43. The zero-order valence-corrected chi connectivity index (χ0v) is 13.0. The summed E-state index contributed by atoms with van der Waals surface area (Å²) >= 11 is 6.05. The molecule has 0 heterocycles. The molecular formula is C16H26ClNO. The number of hydrogen-bond donors (Lipinski definition) is 1. The fourth-order valence-electron chi connectivity index (χ4n) is 2.37. The fourth-order valence-corrected chi connectivity index (χ4v) is 2.59. The van der Waals surface area contributed by atoms with Crippen molar-refractivity contribution in [3.63, 3.8) is 0 Å². The SMILES string of the molecule is CCCNC(Cc1cccc(Cl)c1)CC(C)COC. The summed E-state index contributed by atoms with van der Waals surface area (Å²) in [4.78, 5) is 0. The molecule has 0 fully saturated rings. The van der Waals surface area contributed by atoms with Crippen LogP contribution in [0.25, 0.3) is 0 Å². The van der Waals surface area contributed by atoms with E-state index in [1.165, 1.54) is 5.56 Å². The van der Waals surface area contributed by atoms with Crippen molar-refractivity contribution in [3.8, 4) is 0 Å². The molecular weight excluding hydrogens is 258 g/mol. The minimum Gasteiger partial charge on any atom is -0.384 e. The highest BCUT2D eigenvalue weighted by atomic mass is 35.5. The van der Waals surface area contributed by atoms with Crippen LogP contribution in [0.3, 0.4) is 0 Å². The largest absolute Gasteiger partial charge is 0.384 e. The molecule has 19 heavy (non-hydrogen) atoms. The predicted octanol–water partition coefficient (Wildman–Crippen LogP) is 3.92. The highest BCUT2D eigenvalue weighted by molar-refractivity contribution is 6.30. The van der Waals surface area contributed by atoms with Gasteiger partial charge in [0, 0.05) is 24.8 Å². The molecule has 0 aliphatic carbocycles. The maximum Gasteiger partial charge on any atom is 0.0488 e. The molecule has 0 radical (unpaired) electrons. The van der Waals surface area contributed by atoms with Crippen LogP contribution in [0, 0.1) is 5.92 Å². The van der Waals surface area contributed by atoms with E-state index in [9.17, 15) is 0 Å². The molecule has 2 unspecified atom stereocenters. The molecule has 0 aliphatic rings. The van der Waals surface area contributed by atoms with Gasteiger partial charge in [-0.3, -0.25) is 0 Å². The molecule has 1 aromatic carbocycles. The first-order valence-electron chi connectivity index (χ1n) is 7.12. The van der Waals surface area contributed by atoms with E-state index in [1.54, 1.807) is 7.11 Å². The van der Waals surface area contributed by atoms with Crippen LogP contribution in [0.15, 0.2) is 24.3 Å². The molecule has 0 aliphatic heterocycles. The minimum absolute atomic E-state index is 0.489. The van der Waals surface area contributed by atoms with E-state index < -0.39 is 0 Å². The number of nitrogens with one attached hydrogen (secondary N) is 1. The standard InChI is InChI=1S/C16H26ClNO/c1-4-8-18-16(9-13(2)12-19-3)11-14-6-5-7-15(17)10-14/h5-7,10,13,16,18H,4,8-9,11-12H2,1-3H3. The van der Waals surface area contributed by atoms with Gasteiger partial charge in [0.1, 0.15) is 0 Å². The van der Waals surface area contributed by atoms with E-state index in [1.807, 2.05) is 12.1 Å². The van der Waals surface area contributed by atoms with Gasteiger partial charge in [-0.2, -0.15) is 0 Å². The Hall–Kier alpha value is -0.570. The molecule has 2 atom stereocenters. The smallest absolute Gasteiger partial charge is 0.0488 e. The van der Waals surface area contributed by atoms with Crippen molar-refractivity contribution in [2.24, 2.45) is 5.92 Å². The molecule has 3 heteroatoms. The number of rotatable bonds is 9. The van der Waals surface area contributed by atoms with Gasteiger partial charge in [0.25, 0.3) is 0 Å². The Balaban J connectivity index is 2.57.